The van der Waals surface area contributed by atoms with Crippen molar-refractivity contribution in [2.24, 2.45) is 9.98 Å². The molecule has 0 N–H and O–H groups in total. The normalized spacial score (nSPS) is 16.7. The summed E-state index contributed by atoms with van der Waals surface area (Å²) >= 11 is 0. The summed E-state index contributed by atoms with van der Waals surface area (Å²) in [4.78, 5) is 10.7. The lowest BCUT2D eigenvalue weighted by molar-refractivity contribution is 1.11. The number of rotatable bonds is 0. The van der Waals surface area contributed by atoms with E-state index in [2.05, 4.69) is 21.0 Å². The highest BCUT2D eigenvalue weighted by atomic mass is 15.2. The summed E-state index contributed by atoms with van der Waals surface area (Å²) in [6.45, 7) is 0.823. The lowest BCUT2D eigenvalue weighted by Crippen LogP contribution is -2.21. The van der Waals surface area contributed by atoms with E-state index in [1.165, 1.54) is 0 Å². The van der Waals surface area contributed by atoms with Crippen LogP contribution in [0.15, 0.2) is 40.6 Å². The van der Waals surface area contributed by atoms with Crippen LogP contribution in [0, 0.1) is 0 Å². The summed E-state index contributed by atoms with van der Waals surface area (Å²) in [5, 5.41) is 0. The maximum absolute atomic E-state index is 4.37. The molecule has 0 bridgehead atoms. The van der Waals surface area contributed by atoms with Crippen LogP contribution in [-0.2, 0) is 0 Å². The van der Waals surface area contributed by atoms with Crippen molar-refractivity contribution in [2.75, 3.05) is 11.4 Å². The van der Waals surface area contributed by atoms with Crippen LogP contribution in [0.3, 0.4) is 0 Å². The van der Waals surface area contributed by atoms with Gasteiger partial charge in [0.25, 0.3) is 0 Å². The second kappa shape index (κ2) is 2.80. The Morgan fingerprint density at radius 3 is 3.29 bits per heavy atom. The van der Waals surface area contributed by atoms with Crippen LogP contribution in [0.2, 0.25) is 0 Å². The first kappa shape index (κ1) is 7.50. The molecule has 0 aromatic heterocycles. The first-order valence-electron chi connectivity index (χ1n) is 4.57. The van der Waals surface area contributed by atoms with Gasteiger partial charge in [0.15, 0.2) is 0 Å². The average molecular weight is 183 g/mol. The predicted molar refractivity (Wildman–Crippen MR) is 58.7 cm³/mol. The van der Waals surface area contributed by atoms with E-state index in [1.54, 1.807) is 0 Å². The Hall–Kier alpha value is -1.90. The first-order chi connectivity index (χ1) is 6.95. The summed E-state index contributed by atoms with van der Waals surface area (Å²) in [6, 6.07) is 6.09. The maximum atomic E-state index is 4.37. The fourth-order valence-electron chi connectivity index (χ4n) is 1.77. The smallest absolute Gasteiger partial charge is 0.0870 e. The molecule has 14 heavy (non-hydrogen) atoms. The number of para-hydroxylation sites is 1. The third-order valence-electron chi connectivity index (χ3n) is 2.39. The van der Waals surface area contributed by atoms with Gasteiger partial charge in [-0.05, 0) is 6.07 Å². The molecule has 0 radical (unpaired) electrons. The molecule has 0 unspecified atom stereocenters. The molecule has 68 valence electrons. The SMILES string of the molecule is C1=CN2CC=Nc3cccc(c32)C=N1. The molecule has 2 aliphatic rings. The zero-order chi connectivity index (χ0) is 9.38. The van der Waals surface area contributed by atoms with Crippen LogP contribution in [0.5, 0.6) is 0 Å². The van der Waals surface area contributed by atoms with Crippen molar-refractivity contribution in [3.63, 3.8) is 0 Å². The molecule has 0 saturated carbocycles. The van der Waals surface area contributed by atoms with E-state index in [1.807, 2.05) is 37.0 Å². The minimum Gasteiger partial charge on any atom is -0.339 e. The van der Waals surface area contributed by atoms with Crippen LogP contribution < -0.4 is 4.90 Å². The Kier molecular flexibility index (Phi) is 1.50. The summed E-state index contributed by atoms with van der Waals surface area (Å²) in [6.07, 6.45) is 7.58. The predicted octanol–water partition coefficient (Wildman–Crippen LogP) is 2.11. The van der Waals surface area contributed by atoms with Gasteiger partial charge < -0.3 is 4.90 Å². The largest absolute Gasteiger partial charge is 0.339 e. The summed E-state index contributed by atoms with van der Waals surface area (Å²) in [5.41, 5.74) is 3.31. The van der Waals surface area contributed by atoms with Gasteiger partial charge in [-0.15, -0.1) is 0 Å². The van der Waals surface area contributed by atoms with Gasteiger partial charge in [0.05, 0.1) is 17.9 Å². The van der Waals surface area contributed by atoms with Crippen LogP contribution >= 0.6 is 0 Å². The lowest BCUT2D eigenvalue weighted by atomic mass is 10.1. The van der Waals surface area contributed by atoms with E-state index in [0.29, 0.717) is 0 Å². The van der Waals surface area contributed by atoms with Gasteiger partial charge >= 0.3 is 0 Å². The van der Waals surface area contributed by atoms with Gasteiger partial charge in [0.1, 0.15) is 0 Å². The van der Waals surface area contributed by atoms with Crippen LogP contribution in [0.25, 0.3) is 0 Å². The molecule has 0 fully saturated rings. The summed E-state index contributed by atoms with van der Waals surface area (Å²) < 4.78 is 0. The lowest BCUT2D eigenvalue weighted by Gasteiger charge is -2.24. The molecule has 1 aromatic rings. The van der Waals surface area contributed by atoms with E-state index >= 15 is 0 Å². The molecular weight excluding hydrogens is 174 g/mol. The van der Waals surface area contributed by atoms with Crippen LogP contribution in [0.4, 0.5) is 11.4 Å². The molecule has 2 aliphatic heterocycles. The molecule has 1 aromatic carbocycles. The second-order valence-electron chi connectivity index (χ2n) is 3.26. The molecule has 2 heterocycles. The second-order valence-corrected chi connectivity index (χ2v) is 3.26. The molecule has 0 saturated heterocycles. The number of hydrogen-bond acceptors (Lipinski definition) is 3. The van der Waals surface area contributed by atoms with Gasteiger partial charge in [0.2, 0.25) is 0 Å². The highest BCUT2D eigenvalue weighted by Gasteiger charge is 2.16. The van der Waals surface area contributed by atoms with E-state index in [9.17, 15) is 0 Å². The van der Waals surface area contributed by atoms with Crippen molar-refractivity contribution in [1.82, 2.24) is 0 Å². The quantitative estimate of drug-likeness (QED) is 0.605. The molecule has 3 nitrogen and oxygen atoms in total. The van der Waals surface area contributed by atoms with Gasteiger partial charge in [-0.2, -0.15) is 0 Å². The van der Waals surface area contributed by atoms with E-state index < -0.39 is 0 Å². The molecule has 0 amide bonds. The average Bonchev–Trinajstić information content (AvgIpc) is 2.44. The van der Waals surface area contributed by atoms with Gasteiger partial charge in [-0.25, -0.2) is 0 Å². The minimum atomic E-state index is 0.823. The molecule has 0 spiro atoms. The fourth-order valence-corrected chi connectivity index (χ4v) is 1.77. The fraction of sp³-hybridized carbons (Fsp3) is 0.0909. The van der Waals surface area contributed by atoms with Crippen molar-refractivity contribution in [3.05, 3.63) is 36.2 Å². The Morgan fingerprint density at radius 1 is 1.29 bits per heavy atom. The standard InChI is InChI=1S/C11H9N3/c1-2-9-8-12-4-6-14-7-5-13-10(3-1)11(9)14/h1-6,8H,7H2. The van der Waals surface area contributed by atoms with Crippen molar-refractivity contribution >= 4 is 23.8 Å². The van der Waals surface area contributed by atoms with E-state index in [0.717, 1.165) is 23.5 Å². The Morgan fingerprint density at radius 2 is 2.29 bits per heavy atom. The third kappa shape index (κ3) is 0.988. The van der Waals surface area contributed by atoms with Crippen molar-refractivity contribution < 1.29 is 0 Å². The van der Waals surface area contributed by atoms with Gasteiger partial charge in [0, 0.05) is 30.4 Å². The number of aliphatic imine (C=N–C) groups is 2. The van der Waals surface area contributed by atoms with Crippen LogP contribution in [-0.4, -0.2) is 19.0 Å². The Balaban J connectivity index is 2.31. The van der Waals surface area contributed by atoms with Crippen molar-refractivity contribution in [2.45, 2.75) is 0 Å². The third-order valence-corrected chi connectivity index (χ3v) is 2.39. The van der Waals surface area contributed by atoms with Crippen LogP contribution in [0.1, 0.15) is 5.56 Å². The monoisotopic (exact) mass is 183 g/mol. The molecule has 0 atom stereocenters. The van der Waals surface area contributed by atoms with Crippen molar-refractivity contribution in [1.29, 1.82) is 0 Å². The number of anilines is 1. The first-order valence-corrected chi connectivity index (χ1v) is 4.57. The molecule has 0 aliphatic carbocycles. The number of hydrogen-bond donors (Lipinski definition) is 0. The van der Waals surface area contributed by atoms with E-state index in [-0.39, 0.29) is 0 Å². The molecule has 3 rings (SSSR count). The van der Waals surface area contributed by atoms with Gasteiger partial charge in [-0.3, -0.25) is 9.98 Å². The topological polar surface area (TPSA) is 28.0 Å². The number of nitrogens with zero attached hydrogens (tertiary/aromatic N) is 3. The molecular formula is C11H9N3. The highest BCUT2D eigenvalue weighted by Crippen LogP contribution is 2.34. The van der Waals surface area contributed by atoms with Gasteiger partial charge in [-0.1, -0.05) is 12.1 Å². The molecule has 3 heteroatoms. The minimum absolute atomic E-state index is 0.823. The zero-order valence-electron chi connectivity index (χ0n) is 7.59. The zero-order valence-corrected chi connectivity index (χ0v) is 7.59. The van der Waals surface area contributed by atoms with Crippen molar-refractivity contribution in [3.8, 4) is 0 Å². The highest BCUT2D eigenvalue weighted by molar-refractivity contribution is 5.97. The summed E-state index contributed by atoms with van der Waals surface area (Å²) in [5.74, 6) is 0. The summed E-state index contributed by atoms with van der Waals surface area (Å²) in [7, 11) is 0. The van der Waals surface area contributed by atoms with E-state index in [4.69, 9.17) is 0 Å². The number of benzene rings is 1. The maximum Gasteiger partial charge on any atom is 0.0870 e. The Labute approximate surface area is 82.1 Å². The Bertz CT molecular complexity index is 458.